The maximum absolute atomic E-state index is 14.7. The van der Waals surface area contributed by atoms with Crippen molar-refractivity contribution in [2.75, 3.05) is 0 Å². The minimum absolute atomic E-state index is 0.00337. The molecule has 2 aliphatic carbocycles. The van der Waals surface area contributed by atoms with E-state index in [9.17, 15) is 71.9 Å². The van der Waals surface area contributed by atoms with Gasteiger partial charge in [-0.3, -0.25) is 9.59 Å². The Balaban J connectivity index is 1.22. The monoisotopic (exact) mass is 1110 g/mol. The summed E-state index contributed by atoms with van der Waals surface area (Å²) in [5.41, 5.74) is -2.45. The molecule has 0 heterocycles. The number of nitrogens with zero attached hydrogens (tertiary/aromatic N) is 2. The molecule has 2 aliphatic rings. The highest BCUT2D eigenvalue weighted by Gasteiger charge is 2.49. The third kappa shape index (κ3) is 12.5. The van der Waals surface area contributed by atoms with Crippen LogP contribution < -0.4 is 0 Å². The quantitative estimate of drug-likeness (QED) is 0.0296. The van der Waals surface area contributed by atoms with Gasteiger partial charge >= 0.3 is 36.6 Å². The molecule has 0 fully saturated rings. The molecule has 0 N–H and O–H groups in total. The minimum Gasteiger partial charge on any atom is -0.318 e. The molecule has 0 spiro atoms. The van der Waals surface area contributed by atoms with E-state index in [1.54, 1.807) is 36.4 Å². The lowest BCUT2D eigenvalue weighted by Crippen LogP contribution is -2.30. The van der Waals surface area contributed by atoms with Gasteiger partial charge in [-0.05, 0) is 112 Å². The van der Waals surface area contributed by atoms with Crippen molar-refractivity contribution in [2.45, 2.75) is 108 Å². The van der Waals surface area contributed by atoms with E-state index in [-0.39, 0.29) is 72.5 Å². The van der Waals surface area contributed by atoms with Crippen LogP contribution in [0.1, 0.15) is 125 Å². The first-order chi connectivity index (χ1) is 37.0. The zero-order valence-electron chi connectivity index (χ0n) is 42.2. The van der Waals surface area contributed by atoms with E-state index in [1.807, 2.05) is 0 Å². The van der Waals surface area contributed by atoms with Gasteiger partial charge in [-0.1, -0.05) is 120 Å². The normalized spacial score (nSPS) is 14.7. The lowest BCUT2D eigenvalue weighted by molar-refractivity contribution is -0.145. The fourth-order valence-corrected chi connectivity index (χ4v) is 10.8. The fourth-order valence-electron chi connectivity index (χ4n) is 10.8. The van der Waals surface area contributed by atoms with Crippen LogP contribution in [0.15, 0.2) is 138 Å². The van der Waals surface area contributed by atoms with Crippen LogP contribution in [-0.4, -0.2) is 59.6 Å². The molecular weight excluding hydrogens is 1060 g/mol. The van der Waals surface area contributed by atoms with Gasteiger partial charge in [0.2, 0.25) is 11.6 Å². The highest BCUT2D eigenvalue weighted by Crippen LogP contribution is 2.58. The van der Waals surface area contributed by atoms with Crippen LogP contribution in [0.25, 0.3) is 33.4 Å². The van der Waals surface area contributed by atoms with Gasteiger partial charge in [-0.15, -0.1) is 0 Å². The van der Waals surface area contributed by atoms with Crippen LogP contribution in [0.5, 0.6) is 0 Å². The molecule has 0 bridgehead atoms. The van der Waals surface area contributed by atoms with E-state index < -0.39 is 116 Å². The van der Waals surface area contributed by atoms with Gasteiger partial charge in [0.05, 0.1) is 0 Å². The van der Waals surface area contributed by atoms with E-state index in [2.05, 4.69) is 10.3 Å². The number of hydrogen-bond acceptors (Lipinski definition) is 8. The first-order valence-electron chi connectivity index (χ1n) is 24.6. The lowest BCUT2D eigenvalue weighted by atomic mass is 9.70. The number of halogens is 12. The highest BCUT2D eigenvalue weighted by atomic mass is 19.4. The molecule has 0 saturated carbocycles. The number of carbonyl (C=O) groups excluding carboxylic acids is 4. The SMILES string of the molecule is CC(=O)O/N=C(/C(=O)c1ccc2c(c1)C(CCC(F)(F)F)(CCC(F)(F)F)c1cc(-c3ccc(/C(=N\OC(C)=O)C(=O)c4ccc5c(c4)C(CCC(F)(F)F)(CCC(F)(F)F)c4ccccc4-5)c(C)c3)ccc1-2)c1ccccc1. The van der Waals surface area contributed by atoms with Crippen LogP contribution in [0.2, 0.25) is 0 Å². The molecule has 0 saturated heterocycles. The molecule has 0 atom stereocenters. The second-order valence-electron chi connectivity index (χ2n) is 19.6. The predicted octanol–water partition coefficient (Wildman–Crippen LogP) is 15.9. The number of Topliss-reactive ketones (excluding diaryl/α,β-unsaturated/α-hetero) is 2. The van der Waals surface area contributed by atoms with Gasteiger partial charge < -0.3 is 9.68 Å². The third-order valence-electron chi connectivity index (χ3n) is 14.3. The maximum Gasteiger partial charge on any atom is 0.389 e. The Labute approximate surface area is 444 Å². The number of aryl methyl sites for hydroxylation is 1. The van der Waals surface area contributed by atoms with Crippen molar-refractivity contribution in [3.8, 4) is 33.4 Å². The zero-order chi connectivity index (χ0) is 57.5. The Morgan fingerprint density at radius 1 is 0.418 bits per heavy atom. The van der Waals surface area contributed by atoms with Gasteiger partial charge in [0, 0.05) is 72.6 Å². The molecule has 412 valence electrons. The zero-order valence-corrected chi connectivity index (χ0v) is 42.2. The summed E-state index contributed by atoms with van der Waals surface area (Å²) in [6.45, 7) is 3.54. The van der Waals surface area contributed by atoms with Gasteiger partial charge in [-0.25, -0.2) is 9.59 Å². The topological polar surface area (TPSA) is 111 Å². The highest BCUT2D eigenvalue weighted by molar-refractivity contribution is 6.52. The van der Waals surface area contributed by atoms with E-state index in [0.29, 0.717) is 16.7 Å². The lowest BCUT2D eigenvalue weighted by Gasteiger charge is -2.34. The predicted molar refractivity (Wildman–Crippen MR) is 268 cm³/mol. The van der Waals surface area contributed by atoms with Crippen LogP contribution in [0, 0.1) is 6.92 Å². The number of benzene rings is 6. The molecule has 8 nitrogen and oxygen atoms in total. The summed E-state index contributed by atoms with van der Waals surface area (Å²) in [7, 11) is 0. The molecule has 6 aromatic carbocycles. The van der Waals surface area contributed by atoms with Crippen molar-refractivity contribution in [3.63, 3.8) is 0 Å². The van der Waals surface area contributed by atoms with E-state index in [4.69, 9.17) is 9.68 Å². The van der Waals surface area contributed by atoms with Crippen molar-refractivity contribution >= 4 is 34.9 Å². The van der Waals surface area contributed by atoms with Crippen LogP contribution in [0.3, 0.4) is 0 Å². The van der Waals surface area contributed by atoms with Crippen LogP contribution in [0.4, 0.5) is 52.7 Å². The van der Waals surface area contributed by atoms with E-state index in [1.165, 1.54) is 97.9 Å². The molecule has 0 amide bonds. The number of oxime groups is 2. The summed E-state index contributed by atoms with van der Waals surface area (Å²) in [5, 5.41) is 7.61. The van der Waals surface area contributed by atoms with Gasteiger partial charge in [0.1, 0.15) is 0 Å². The number of carbonyl (C=O) groups is 4. The molecule has 79 heavy (non-hydrogen) atoms. The standard InChI is InChI=1S/C59H46F12N2O6/c1-33-29-37(13-17-41(33)51(73-79-35(3)75)53(77)40-16-19-43-42-11-7-8-12-46(42)54(48(43)32-40,21-25-56(60,61)62)22-26-57(63,64)65)38-14-18-44-45-20-15-39(52(76)50(72-78-34(2)74)36-9-5-4-6-10-36)31-49(45)55(47(44)30-38,23-27-58(66,67)68)24-28-59(69,70)71/h4-20,29-32H,21-28H2,1-3H3/b72-50+,73-51+. The fraction of sp³-hybridized carbons (Fsp3) is 0.288. The van der Waals surface area contributed by atoms with Gasteiger partial charge in [0.15, 0.2) is 11.4 Å². The Morgan fingerprint density at radius 3 is 1.27 bits per heavy atom. The molecule has 6 aromatic rings. The van der Waals surface area contributed by atoms with Gasteiger partial charge in [0.25, 0.3) is 0 Å². The Hall–Kier alpha value is -7.90. The third-order valence-corrected chi connectivity index (χ3v) is 14.3. The Kier molecular flexibility index (Phi) is 15.8. The first kappa shape index (κ1) is 57.3. The van der Waals surface area contributed by atoms with Crippen molar-refractivity contribution in [1.29, 1.82) is 0 Å². The molecule has 0 aliphatic heterocycles. The Bertz CT molecular complexity index is 3390. The van der Waals surface area contributed by atoms with Gasteiger partial charge in [-0.2, -0.15) is 52.7 Å². The molecule has 8 rings (SSSR count). The Morgan fingerprint density at radius 2 is 0.797 bits per heavy atom. The van der Waals surface area contributed by atoms with Crippen molar-refractivity contribution in [2.24, 2.45) is 10.3 Å². The number of alkyl halides is 12. The number of ketones is 2. The largest absolute Gasteiger partial charge is 0.389 e. The summed E-state index contributed by atoms with van der Waals surface area (Å²) in [4.78, 5) is 62.7. The average molecular weight is 1110 g/mol. The van der Waals surface area contributed by atoms with Crippen molar-refractivity contribution in [1.82, 2.24) is 0 Å². The molecule has 20 heteroatoms. The number of rotatable bonds is 17. The smallest absolute Gasteiger partial charge is 0.318 e. The summed E-state index contributed by atoms with van der Waals surface area (Å²) in [5.74, 6) is -3.64. The second kappa shape index (κ2) is 21.7. The van der Waals surface area contributed by atoms with E-state index >= 15 is 0 Å². The number of hydrogen-bond donors (Lipinski definition) is 0. The molecular formula is C59H46F12N2O6. The maximum atomic E-state index is 14.7. The van der Waals surface area contributed by atoms with Crippen molar-refractivity contribution in [3.05, 3.63) is 177 Å². The summed E-state index contributed by atoms with van der Waals surface area (Å²) in [6, 6.07) is 30.7. The summed E-state index contributed by atoms with van der Waals surface area (Å²) >= 11 is 0. The van der Waals surface area contributed by atoms with Crippen LogP contribution >= 0.6 is 0 Å². The van der Waals surface area contributed by atoms with E-state index in [0.717, 1.165) is 13.8 Å². The summed E-state index contributed by atoms with van der Waals surface area (Å²) < 4.78 is 170. The molecule has 0 aromatic heterocycles. The minimum atomic E-state index is -4.85. The molecule has 0 radical (unpaired) electrons. The first-order valence-corrected chi connectivity index (χ1v) is 24.6. The number of fused-ring (bicyclic) bond motifs is 6. The van der Waals surface area contributed by atoms with Crippen molar-refractivity contribution < 1.29 is 81.5 Å². The molecule has 0 unspecified atom stereocenters. The van der Waals surface area contributed by atoms with Crippen LogP contribution in [-0.2, 0) is 30.1 Å². The average Bonchev–Trinajstić information content (AvgIpc) is 4.09. The summed E-state index contributed by atoms with van der Waals surface area (Å²) in [6.07, 6.45) is -28.5. The second-order valence-corrected chi connectivity index (χ2v) is 19.6.